The molecule has 0 N–H and O–H groups in total. The summed E-state index contributed by atoms with van der Waals surface area (Å²) >= 11 is 0. The van der Waals surface area contributed by atoms with E-state index in [4.69, 9.17) is 4.74 Å². The molecule has 3 heterocycles. The topological polar surface area (TPSA) is 49.9 Å². The molecular weight excluding hydrogens is 388 g/mol. The van der Waals surface area contributed by atoms with Gasteiger partial charge in [0.25, 0.3) is 5.91 Å². The molecule has 0 spiro atoms. The van der Waals surface area contributed by atoms with Gasteiger partial charge in [-0.15, -0.1) is 0 Å². The lowest BCUT2D eigenvalue weighted by atomic mass is 9.65. The monoisotopic (exact) mass is 424 g/mol. The van der Waals surface area contributed by atoms with E-state index in [-0.39, 0.29) is 23.3 Å². The molecule has 1 amide bonds. The SMILES string of the molecule is CC1(C)CN(C(=O)C23CCC(C)(C(=O)O2)C3(C)C)C(CN2CCCC2)c2ccccc21. The molecule has 3 atom stereocenters. The molecule has 3 unspecified atom stereocenters. The van der Waals surface area contributed by atoms with Crippen LogP contribution in [-0.4, -0.2) is 53.5 Å². The molecule has 5 nitrogen and oxygen atoms in total. The lowest BCUT2D eigenvalue weighted by Crippen LogP contribution is -2.60. The van der Waals surface area contributed by atoms with Crippen molar-refractivity contribution in [3.63, 3.8) is 0 Å². The van der Waals surface area contributed by atoms with Gasteiger partial charge in [0.2, 0.25) is 0 Å². The second kappa shape index (κ2) is 6.57. The third kappa shape index (κ3) is 2.65. The summed E-state index contributed by atoms with van der Waals surface area (Å²) in [6, 6.07) is 8.60. The van der Waals surface area contributed by atoms with Gasteiger partial charge in [-0.05, 0) is 56.8 Å². The third-order valence-electron chi connectivity index (χ3n) is 9.31. The molecule has 2 saturated heterocycles. The van der Waals surface area contributed by atoms with Gasteiger partial charge in [0.1, 0.15) is 0 Å². The minimum absolute atomic E-state index is 0.00819. The molecule has 31 heavy (non-hydrogen) atoms. The molecular formula is C26H36N2O3. The van der Waals surface area contributed by atoms with E-state index in [0.29, 0.717) is 13.0 Å². The Kier molecular flexibility index (Phi) is 4.45. The van der Waals surface area contributed by atoms with Crippen LogP contribution in [0.15, 0.2) is 24.3 Å². The fraction of sp³-hybridized carbons (Fsp3) is 0.692. The highest BCUT2D eigenvalue weighted by Gasteiger charge is 2.76. The van der Waals surface area contributed by atoms with Crippen LogP contribution in [-0.2, 0) is 19.7 Å². The fourth-order valence-electron chi connectivity index (χ4n) is 6.77. The predicted octanol–water partition coefficient (Wildman–Crippen LogP) is 4.07. The molecule has 1 aromatic rings. The number of hydrogen-bond acceptors (Lipinski definition) is 4. The van der Waals surface area contributed by atoms with Crippen LogP contribution in [0, 0.1) is 10.8 Å². The van der Waals surface area contributed by atoms with Gasteiger partial charge in [-0.2, -0.15) is 0 Å². The van der Waals surface area contributed by atoms with Crippen molar-refractivity contribution in [2.45, 2.75) is 77.4 Å². The Morgan fingerprint density at radius 1 is 1.06 bits per heavy atom. The Balaban J connectivity index is 1.58. The van der Waals surface area contributed by atoms with Gasteiger partial charge < -0.3 is 14.5 Å². The molecule has 2 bridgehead atoms. The van der Waals surface area contributed by atoms with E-state index in [1.165, 1.54) is 24.0 Å². The number of amides is 1. The van der Waals surface area contributed by atoms with Crippen LogP contribution in [0.5, 0.6) is 0 Å². The maximum atomic E-state index is 14.4. The summed E-state index contributed by atoms with van der Waals surface area (Å²) in [5.74, 6) is -0.191. The largest absolute Gasteiger partial charge is 0.448 e. The van der Waals surface area contributed by atoms with Crippen LogP contribution >= 0.6 is 0 Å². The molecule has 5 heteroatoms. The van der Waals surface area contributed by atoms with Gasteiger partial charge in [-0.25, -0.2) is 0 Å². The van der Waals surface area contributed by atoms with E-state index in [0.717, 1.165) is 26.1 Å². The number of esters is 1. The Bertz CT molecular complexity index is 932. The van der Waals surface area contributed by atoms with Crippen molar-refractivity contribution in [2.75, 3.05) is 26.2 Å². The van der Waals surface area contributed by atoms with Crippen molar-refractivity contribution in [1.82, 2.24) is 9.80 Å². The first-order valence-electron chi connectivity index (χ1n) is 11.9. The number of hydrogen-bond donors (Lipinski definition) is 0. The average molecular weight is 425 g/mol. The third-order valence-corrected chi connectivity index (χ3v) is 9.31. The maximum absolute atomic E-state index is 14.4. The van der Waals surface area contributed by atoms with E-state index >= 15 is 0 Å². The standard InChI is InChI=1S/C26H36N2O3/c1-23(2)17-28(21(29)26-13-12-25(5,22(30)31-26)24(26,3)4)20(16-27-14-8-9-15-27)18-10-6-7-11-19(18)23/h6-7,10-11,20H,8-9,12-17H2,1-5H3. The first-order valence-corrected chi connectivity index (χ1v) is 11.9. The van der Waals surface area contributed by atoms with Gasteiger partial charge in [0.15, 0.2) is 5.60 Å². The number of benzene rings is 1. The van der Waals surface area contributed by atoms with E-state index in [1.54, 1.807) is 0 Å². The Hall–Kier alpha value is -1.88. The second-order valence-electron chi connectivity index (χ2n) is 11.6. The molecule has 5 rings (SSSR count). The van der Waals surface area contributed by atoms with Gasteiger partial charge in [0.05, 0.1) is 11.5 Å². The quantitative estimate of drug-likeness (QED) is 0.687. The van der Waals surface area contributed by atoms with Crippen LogP contribution in [0.3, 0.4) is 0 Å². The highest BCUT2D eigenvalue weighted by Crippen LogP contribution is 2.66. The summed E-state index contributed by atoms with van der Waals surface area (Å²) < 4.78 is 6.01. The molecule has 1 saturated carbocycles. The average Bonchev–Trinajstić information content (AvgIpc) is 3.34. The van der Waals surface area contributed by atoms with Crippen LogP contribution in [0.1, 0.15) is 77.5 Å². The minimum atomic E-state index is -1.05. The molecule has 4 aliphatic rings. The number of rotatable bonds is 3. The maximum Gasteiger partial charge on any atom is 0.313 e. The normalized spacial score (nSPS) is 35.8. The van der Waals surface area contributed by atoms with Crippen LogP contribution in [0.25, 0.3) is 0 Å². The summed E-state index contributed by atoms with van der Waals surface area (Å²) in [4.78, 5) is 31.8. The van der Waals surface area contributed by atoms with E-state index in [1.807, 2.05) is 6.92 Å². The molecule has 1 aromatic carbocycles. The first kappa shape index (κ1) is 21.0. The van der Waals surface area contributed by atoms with Crippen molar-refractivity contribution >= 4 is 11.9 Å². The molecule has 3 aliphatic heterocycles. The Labute approximate surface area is 186 Å². The lowest BCUT2D eigenvalue weighted by molar-refractivity contribution is -0.176. The Morgan fingerprint density at radius 3 is 2.35 bits per heavy atom. The molecule has 0 radical (unpaired) electrons. The van der Waals surface area contributed by atoms with Crippen molar-refractivity contribution in [3.8, 4) is 0 Å². The van der Waals surface area contributed by atoms with Crippen LogP contribution < -0.4 is 0 Å². The smallest absolute Gasteiger partial charge is 0.313 e. The van der Waals surface area contributed by atoms with Crippen molar-refractivity contribution in [2.24, 2.45) is 10.8 Å². The van der Waals surface area contributed by atoms with Crippen molar-refractivity contribution in [3.05, 3.63) is 35.4 Å². The zero-order valence-electron chi connectivity index (χ0n) is 19.7. The van der Waals surface area contributed by atoms with E-state index in [2.05, 4.69) is 61.8 Å². The number of carbonyl (C=O) groups is 2. The predicted molar refractivity (Wildman–Crippen MR) is 120 cm³/mol. The first-order chi connectivity index (χ1) is 14.5. The molecule has 0 aromatic heterocycles. The van der Waals surface area contributed by atoms with Gasteiger partial charge in [0, 0.05) is 23.9 Å². The summed E-state index contributed by atoms with van der Waals surface area (Å²) in [7, 11) is 0. The highest BCUT2D eigenvalue weighted by molar-refractivity contribution is 5.96. The number of carbonyl (C=O) groups excluding carboxylic acids is 2. The number of fused-ring (bicyclic) bond motifs is 3. The molecule has 168 valence electrons. The molecule has 3 fully saturated rings. The van der Waals surface area contributed by atoms with Crippen LogP contribution in [0.2, 0.25) is 0 Å². The van der Waals surface area contributed by atoms with Gasteiger partial charge in [-0.1, -0.05) is 52.0 Å². The second-order valence-corrected chi connectivity index (χ2v) is 11.6. The van der Waals surface area contributed by atoms with Gasteiger partial charge in [-0.3, -0.25) is 9.59 Å². The summed E-state index contributed by atoms with van der Waals surface area (Å²) in [5, 5.41) is 0. The fourth-order valence-corrected chi connectivity index (χ4v) is 6.77. The van der Waals surface area contributed by atoms with Gasteiger partial charge >= 0.3 is 5.97 Å². The summed E-state index contributed by atoms with van der Waals surface area (Å²) in [6.45, 7) is 14.2. The Morgan fingerprint density at radius 2 is 1.74 bits per heavy atom. The van der Waals surface area contributed by atoms with Crippen molar-refractivity contribution < 1.29 is 14.3 Å². The zero-order chi connectivity index (χ0) is 22.2. The lowest BCUT2D eigenvalue weighted by Gasteiger charge is -2.49. The van der Waals surface area contributed by atoms with Crippen molar-refractivity contribution in [1.29, 1.82) is 0 Å². The number of nitrogens with zero attached hydrogens (tertiary/aromatic N) is 2. The minimum Gasteiger partial charge on any atom is -0.448 e. The number of ether oxygens (including phenoxy) is 1. The number of likely N-dealkylation sites (tertiary alicyclic amines) is 1. The van der Waals surface area contributed by atoms with E-state index in [9.17, 15) is 9.59 Å². The highest BCUT2D eigenvalue weighted by atomic mass is 16.6. The van der Waals surface area contributed by atoms with Crippen LogP contribution in [0.4, 0.5) is 0 Å². The van der Waals surface area contributed by atoms with E-state index < -0.39 is 16.4 Å². The summed E-state index contributed by atoms with van der Waals surface area (Å²) in [5.41, 5.74) is 0.269. The summed E-state index contributed by atoms with van der Waals surface area (Å²) in [6.07, 6.45) is 3.78. The molecule has 1 aliphatic carbocycles. The zero-order valence-corrected chi connectivity index (χ0v) is 19.7.